The molecule has 23 heavy (non-hydrogen) atoms. The SMILES string of the molecule is O=C(CN1CCCCC1=O)N[C@H]1CCCO[C@@H]1c1ccncc1. The number of nitrogens with zero attached hydrogens (tertiary/aromatic N) is 2. The van der Waals surface area contributed by atoms with Gasteiger partial charge in [-0.1, -0.05) is 0 Å². The van der Waals surface area contributed by atoms with Crippen molar-refractivity contribution < 1.29 is 14.3 Å². The topological polar surface area (TPSA) is 71.5 Å². The quantitative estimate of drug-likeness (QED) is 0.912. The number of nitrogens with one attached hydrogen (secondary N) is 1. The number of amides is 2. The van der Waals surface area contributed by atoms with Crippen molar-refractivity contribution >= 4 is 11.8 Å². The summed E-state index contributed by atoms with van der Waals surface area (Å²) in [7, 11) is 0. The fraction of sp³-hybridized carbons (Fsp3) is 0.588. The average Bonchev–Trinajstić information content (AvgIpc) is 2.58. The van der Waals surface area contributed by atoms with E-state index >= 15 is 0 Å². The summed E-state index contributed by atoms with van der Waals surface area (Å²) in [5, 5.41) is 3.06. The van der Waals surface area contributed by atoms with Crippen LogP contribution in [-0.4, -0.2) is 47.4 Å². The van der Waals surface area contributed by atoms with E-state index < -0.39 is 0 Å². The van der Waals surface area contributed by atoms with Gasteiger partial charge in [-0.05, 0) is 43.4 Å². The molecule has 2 fully saturated rings. The molecule has 0 saturated carbocycles. The average molecular weight is 317 g/mol. The van der Waals surface area contributed by atoms with Crippen LogP contribution < -0.4 is 5.32 Å². The Morgan fingerprint density at radius 2 is 2.13 bits per heavy atom. The number of ether oxygens (including phenoxy) is 1. The van der Waals surface area contributed by atoms with Gasteiger partial charge in [-0.3, -0.25) is 14.6 Å². The molecular formula is C17H23N3O3. The number of hydrogen-bond donors (Lipinski definition) is 1. The van der Waals surface area contributed by atoms with Crippen molar-refractivity contribution in [2.75, 3.05) is 19.7 Å². The number of piperidine rings is 1. The molecule has 0 unspecified atom stereocenters. The zero-order valence-corrected chi connectivity index (χ0v) is 13.2. The third-order valence-corrected chi connectivity index (χ3v) is 4.46. The molecule has 0 bridgehead atoms. The van der Waals surface area contributed by atoms with Gasteiger partial charge in [0.1, 0.15) is 6.10 Å². The smallest absolute Gasteiger partial charge is 0.239 e. The van der Waals surface area contributed by atoms with Gasteiger partial charge in [-0.25, -0.2) is 0 Å². The number of aromatic nitrogens is 1. The van der Waals surface area contributed by atoms with Gasteiger partial charge in [0.15, 0.2) is 0 Å². The Bertz CT molecular complexity index is 549. The molecule has 6 heteroatoms. The van der Waals surface area contributed by atoms with E-state index in [0.29, 0.717) is 19.6 Å². The van der Waals surface area contributed by atoms with Crippen LogP contribution in [0.2, 0.25) is 0 Å². The van der Waals surface area contributed by atoms with Gasteiger partial charge in [0.05, 0.1) is 12.6 Å². The maximum atomic E-state index is 12.3. The Morgan fingerprint density at radius 3 is 2.91 bits per heavy atom. The van der Waals surface area contributed by atoms with E-state index in [1.807, 2.05) is 12.1 Å². The lowest BCUT2D eigenvalue weighted by atomic mass is 9.96. The zero-order valence-electron chi connectivity index (χ0n) is 13.2. The van der Waals surface area contributed by atoms with Crippen LogP contribution in [0.1, 0.15) is 43.8 Å². The molecule has 2 atom stereocenters. The van der Waals surface area contributed by atoms with E-state index in [9.17, 15) is 9.59 Å². The van der Waals surface area contributed by atoms with Crippen LogP contribution >= 0.6 is 0 Å². The van der Waals surface area contributed by atoms with E-state index in [0.717, 1.165) is 31.2 Å². The molecule has 2 aliphatic heterocycles. The molecule has 0 aliphatic carbocycles. The molecule has 1 aromatic rings. The number of rotatable bonds is 4. The first-order chi connectivity index (χ1) is 11.2. The molecule has 0 radical (unpaired) electrons. The Kier molecular flexibility index (Phi) is 5.23. The summed E-state index contributed by atoms with van der Waals surface area (Å²) in [6.45, 7) is 1.53. The number of pyridine rings is 1. The molecule has 2 amide bonds. The molecule has 3 rings (SSSR count). The third kappa shape index (κ3) is 4.07. The van der Waals surface area contributed by atoms with Crippen molar-refractivity contribution in [1.82, 2.24) is 15.2 Å². The largest absolute Gasteiger partial charge is 0.371 e. The summed E-state index contributed by atoms with van der Waals surface area (Å²) in [6.07, 6.45) is 7.59. The lowest BCUT2D eigenvalue weighted by molar-refractivity contribution is -0.138. The van der Waals surface area contributed by atoms with Crippen molar-refractivity contribution in [2.45, 2.75) is 44.2 Å². The predicted octanol–water partition coefficient (Wildman–Crippen LogP) is 1.43. The summed E-state index contributed by atoms with van der Waals surface area (Å²) in [6, 6.07) is 3.78. The first-order valence-electron chi connectivity index (χ1n) is 8.33. The highest BCUT2D eigenvalue weighted by atomic mass is 16.5. The van der Waals surface area contributed by atoms with Crippen molar-refractivity contribution in [1.29, 1.82) is 0 Å². The molecule has 3 heterocycles. The van der Waals surface area contributed by atoms with E-state index in [1.165, 1.54) is 0 Å². The van der Waals surface area contributed by atoms with E-state index in [-0.39, 0.29) is 30.5 Å². The van der Waals surface area contributed by atoms with Crippen LogP contribution in [0.25, 0.3) is 0 Å². The summed E-state index contributed by atoms with van der Waals surface area (Å²) in [5.74, 6) is -0.0215. The molecule has 2 saturated heterocycles. The van der Waals surface area contributed by atoms with Crippen molar-refractivity contribution in [3.8, 4) is 0 Å². The van der Waals surface area contributed by atoms with Crippen LogP contribution in [0.15, 0.2) is 24.5 Å². The van der Waals surface area contributed by atoms with Gasteiger partial charge in [-0.2, -0.15) is 0 Å². The molecule has 2 aliphatic rings. The zero-order chi connectivity index (χ0) is 16.1. The van der Waals surface area contributed by atoms with E-state index in [4.69, 9.17) is 4.74 Å². The number of carbonyl (C=O) groups excluding carboxylic acids is 2. The Morgan fingerprint density at radius 1 is 1.30 bits per heavy atom. The van der Waals surface area contributed by atoms with Gasteiger partial charge in [0.2, 0.25) is 11.8 Å². The summed E-state index contributed by atoms with van der Waals surface area (Å²) in [5.41, 5.74) is 1.03. The minimum atomic E-state index is -0.146. The van der Waals surface area contributed by atoms with Crippen molar-refractivity contribution in [3.05, 3.63) is 30.1 Å². The van der Waals surface area contributed by atoms with Gasteiger partial charge < -0.3 is 15.0 Å². The Labute approximate surface area is 136 Å². The second-order valence-electron chi connectivity index (χ2n) is 6.16. The van der Waals surface area contributed by atoms with Crippen LogP contribution in [0.4, 0.5) is 0 Å². The maximum absolute atomic E-state index is 12.3. The monoisotopic (exact) mass is 317 g/mol. The highest BCUT2D eigenvalue weighted by Gasteiger charge is 2.29. The molecule has 0 aromatic carbocycles. The van der Waals surface area contributed by atoms with Crippen LogP contribution in [0.3, 0.4) is 0 Å². The summed E-state index contributed by atoms with van der Waals surface area (Å²) in [4.78, 5) is 29.8. The molecular weight excluding hydrogens is 294 g/mol. The Hall–Kier alpha value is -1.95. The lowest BCUT2D eigenvalue weighted by Gasteiger charge is -2.33. The lowest BCUT2D eigenvalue weighted by Crippen LogP contribution is -2.48. The fourth-order valence-corrected chi connectivity index (χ4v) is 3.27. The highest BCUT2D eigenvalue weighted by molar-refractivity contribution is 5.85. The number of hydrogen-bond acceptors (Lipinski definition) is 4. The molecule has 1 N–H and O–H groups in total. The third-order valence-electron chi connectivity index (χ3n) is 4.46. The minimum Gasteiger partial charge on any atom is -0.371 e. The summed E-state index contributed by atoms with van der Waals surface area (Å²) < 4.78 is 5.87. The fourth-order valence-electron chi connectivity index (χ4n) is 3.27. The predicted molar refractivity (Wildman–Crippen MR) is 84.5 cm³/mol. The van der Waals surface area contributed by atoms with E-state index in [2.05, 4.69) is 10.3 Å². The van der Waals surface area contributed by atoms with Crippen molar-refractivity contribution in [3.63, 3.8) is 0 Å². The first-order valence-corrected chi connectivity index (χ1v) is 8.33. The standard InChI is InChI=1S/C17H23N3O3/c21-15(12-20-10-2-1-5-16(20)22)19-14-4-3-11-23-17(14)13-6-8-18-9-7-13/h6-9,14,17H,1-5,10-12H2,(H,19,21)/t14-,17+/m0/s1. The normalized spacial score (nSPS) is 25.2. The minimum absolute atomic E-state index is 0.0569. The maximum Gasteiger partial charge on any atom is 0.239 e. The second-order valence-corrected chi connectivity index (χ2v) is 6.16. The molecule has 1 aromatic heterocycles. The van der Waals surface area contributed by atoms with Gasteiger partial charge in [0, 0.05) is 32.0 Å². The van der Waals surface area contributed by atoms with Crippen LogP contribution in [0.5, 0.6) is 0 Å². The van der Waals surface area contributed by atoms with Gasteiger partial charge in [0.25, 0.3) is 0 Å². The molecule has 0 spiro atoms. The number of likely N-dealkylation sites (tertiary alicyclic amines) is 1. The van der Waals surface area contributed by atoms with Crippen molar-refractivity contribution in [2.24, 2.45) is 0 Å². The Balaban J connectivity index is 1.60. The van der Waals surface area contributed by atoms with Gasteiger partial charge in [-0.15, -0.1) is 0 Å². The number of carbonyl (C=O) groups is 2. The first kappa shape index (κ1) is 15.9. The van der Waals surface area contributed by atoms with Crippen LogP contribution in [-0.2, 0) is 14.3 Å². The van der Waals surface area contributed by atoms with Gasteiger partial charge >= 0.3 is 0 Å². The molecule has 6 nitrogen and oxygen atoms in total. The highest BCUT2D eigenvalue weighted by Crippen LogP contribution is 2.28. The van der Waals surface area contributed by atoms with E-state index in [1.54, 1.807) is 17.3 Å². The molecule has 124 valence electrons. The second kappa shape index (κ2) is 7.55. The van der Waals surface area contributed by atoms with Crippen LogP contribution in [0, 0.1) is 0 Å². The summed E-state index contributed by atoms with van der Waals surface area (Å²) >= 11 is 0.